The summed E-state index contributed by atoms with van der Waals surface area (Å²) >= 11 is 1.25. The van der Waals surface area contributed by atoms with Crippen molar-refractivity contribution in [3.05, 3.63) is 17.5 Å². The Morgan fingerprint density at radius 1 is 1.42 bits per heavy atom. The predicted molar refractivity (Wildman–Crippen MR) is 81.7 cm³/mol. The number of thiophene rings is 1. The van der Waals surface area contributed by atoms with E-state index in [0.29, 0.717) is 10.1 Å². The van der Waals surface area contributed by atoms with Gasteiger partial charge in [0.05, 0.1) is 11.4 Å². The number of hydrogen-bond acceptors (Lipinski definition) is 8. The number of amides is 2. The van der Waals surface area contributed by atoms with E-state index in [0.717, 1.165) is 0 Å². The summed E-state index contributed by atoms with van der Waals surface area (Å²) in [6, 6.07) is 2.31. The molecule has 3 atom stereocenters. The largest absolute Gasteiger partial charge is 1.00 e. The van der Waals surface area contributed by atoms with Crippen molar-refractivity contribution < 1.29 is 63.4 Å². The number of anilines is 1. The predicted octanol–water partition coefficient (Wildman–Crippen LogP) is -3.58. The number of carbonyl (C=O) groups excluding carboxylic acids is 4. The monoisotopic (exact) mass is 390 g/mol. The Morgan fingerprint density at radius 3 is 2.58 bits per heavy atom. The molecule has 1 aromatic heterocycles. The molecule has 134 valence electrons. The molecule has 3 heterocycles. The van der Waals surface area contributed by atoms with Gasteiger partial charge in [-0.25, -0.2) is 0 Å². The van der Waals surface area contributed by atoms with Gasteiger partial charge in [-0.05, 0) is 24.4 Å². The number of rotatable bonds is 4. The van der Waals surface area contributed by atoms with E-state index in [2.05, 4.69) is 0 Å². The molecule has 0 aliphatic carbocycles. The summed E-state index contributed by atoms with van der Waals surface area (Å²) in [5.41, 5.74) is -2.31. The van der Waals surface area contributed by atoms with Crippen LogP contribution in [0.4, 0.5) is 5.00 Å². The molecule has 0 saturated carbocycles. The first kappa shape index (κ1) is 20.8. The summed E-state index contributed by atoms with van der Waals surface area (Å²) < 4.78 is 4.87. The molecule has 2 aliphatic heterocycles. The van der Waals surface area contributed by atoms with Crippen LogP contribution >= 0.6 is 11.3 Å². The third kappa shape index (κ3) is 3.27. The molecule has 0 spiro atoms. The number of esters is 1. The van der Waals surface area contributed by atoms with Crippen LogP contribution in [0, 0.1) is 0 Å². The summed E-state index contributed by atoms with van der Waals surface area (Å²) in [5.74, 6) is -3.69. The number of aliphatic carboxylic acids is 1. The molecule has 2 amide bonds. The molecule has 1 unspecified atom stereocenters. The fourth-order valence-electron chi connectivity index (χ4n) is 3.01. The summed E-state index contributed by atoms with van der Waals surface area (Å²) in [4.78, 5) is 54.7. The maximum atomic E-state index is 12.9. The average Bonchev–Trinajstić information content (AvgIpc) is 3.24. The summed E-state index contributed by atoms with van der Waals surface area (Å²) in [5, 5.41) is 14.4. The fourth-order valence-corrected chi connectivity index (χ4v) is 3.82. The van der Waals surface area contributed by atoms with Crippen molar-refractivity contribution in [3.8, 4) is 0 Å². The van der Waals surface area contributed by atoms with Gasteiger partial charge in [0.2, 0.25) is 5.91 Å². The van der Waals surface area contributed by atoms with E-state index in [4.69, 9.17) is 9.57 Å². The fraction of sp³-hybridized carbons (Fsp3) is 0.467. The second-order valence-corrected chi connectivity index (χ2v) is 6.70. The first-order valence-electron chi connectivity index (χ1n) is 7.55. The molecule has 0 aromatic carbocycles. The zero-order chi connectivity index (χ0) is 18.4. The summed E-state index contributed by atoms with van der Waals surface area (Å²) in [7, 11) is 0. The summed E-state index contributed by atoms with van der Waals surface area (Å²) in [6.45, 7) is 2.83. The smallest absolute Gasteiger partial charge is 0.544 e. The number of hydrogen-bond donors (Lipinski definition) is 0. The van der Waals surface area contributed by atoms with Crippen LogP contribution in [0.25, 0.3) is 0 Å². The van der Waals surface area contributed by atoms with Gasteiger partial charge in [0, 0.05) is 13.3 Å². The van der Waals surface area contributed by atoms with Gasteiger partial charge >= 0.3 is 35.5 Å². The topological polar surface area (TPSA) is 116 Å². The van der Waals surface area contributed by atoms with Crippen LogP contribution in [0.3, 0.4) is 0 Å². The van der Waals surface area contributed by atoms with Crippen LogP contribution in [0.15, 0.2) is 17.5 Å². The number of hydroxylamine groups is 2. The SMILES string of the molecule is CC(=O)N(c1cccs1)[C@@H]1C(=O)N(C2(C(=O)[O-])CCC(=O)O2)O[C@H]1C.[Na+]. The van der Waals surface area contributed by atoms with Gasteiger partial charge < -0.3 is 14.6 Å². The van der Waals surface area contributed by atoms with Crippen LogP contribution in [-0.2, 0) is 28.8 Å². The van der Waals surface area contributed by atoms with E-state index in [1.807, 2.05) is 0 Å². The van der Waals surface area contributed by atoms with Gasteiger partial charge in [-0.1, -0.05) is 0 Å². The molecule has 0 bridgehead atoms. The van der Waals surface area contributed by atoms with Gasteiger partial charge in [-0.2, -0.15) is 5.06 Å². The van der Waals surface area contributed by atoms with Crippen molar-refractivity contribution in [3.63, 3.8) is 0 Å². The molecule has 9 nitrogen and oxygen atoms in total. The van der Waals surface area contributed by atoms with Crippen molar-refractivity contribution >= 4 is 40.1 Å². The molecule has 2 saturated heterocycles. The Hall–Kier alpha value is -1.46. The van der Waals surface area contributed by atoms with Crippen molar-refractivity contribution in [1.29, 1.82) is 0 Å². The third-order valence-corrected chi connectivity index (χ3v) is 5.00. The Balaban J connectivity index is 0.00000243. The van der Waals surface area contributed by atoms with Crippen molar-refractivity contribution in [2.24, 2.45) is 0 Å². The molecule has 0 N–H and O–H groups in total. The van der Waals surface area contributed by atoms with E-state index in [1.54, 1.807) is 17.5 Å². The second-order valence-electron chi connectivity index (χ2n) is 5.77. The van der Waals surface area contributed by atoms with Crippen molar-refractivity contribution in [2.45, 2.75) is 44.6 Å². The minimum atomic E-state index is -2.31. The van der Waals surface area contributed by atoms with Crippen molar-refractivity contribution in [2.75, 3.05) is 4.90 Å². The molecule has 2 fully saturated rings. The molecule has 0 radical (unpaired) electrons. The number of nitrogens with zero attached hydrogens (tertiary/aromatic N) is 2. The summed E-state index contributed by atoms with van der Waals surface area (Å²) in [6.07, 6.45) is -1.30. The van der Waals surface area contributed by atoms with Crippen LogP contribution in [0.1, 0.15) is 26.7 Å². The first-order chi connectivity index (χ1) is 11.8. The average molecular weight is 390 g/mol. The van der Waals surface area contributed by atoms with E-state index in [9.17, 15) is 24.3 Å². The molecule has 3 rings (SSSR count). The Kier molecular flexibility index (Phi) is 6.13. The number of carboxylic acids is 1. The van der Waals surface area contributed by atoms with Crippen LogP contribution in [-0.4, -0.2) is 46.7 Å². The first-order valence-corrected chi connectivity index (χ1v) is 8.43. The van der Waals surface area contributed by atoms with Gasteiger partial charge in [-0.15, -0.1) is 11.3 Å². The van der Waals surface area contributed by atoms with Gasteiger partial charge in [0.1, 0.15) is 18.1 Å². The Morgan fingerprint density at radius 2 is 2.12 bits per heavy atom. The number of ether oxygens (including phenoxy) is 1. The molecular weight excluding hydrogens is 375 g/mol. The zero-order valence-corrected chi connectivity index (χ0v) is 17.3. The van der Waals surface area contributed by atoms with E-state index < -0.39 is 41.6 Å². The molecule has 26 heavy (non-hydrogen) atoms. The molecule has 2 aliphatic rings. The number of carboxylic acid groups (broad SMARTS) is 1. The molecule has 11 heteroatoms. The molecular formula is C15H15N2NaO7S. The minimum Gasteiger partial charge on any atom is -0.544 e. The van der Waals surface area contributed by atoms with Gasteiger partial charge in [0.15, 0.2) is 0 Å². The van der Waals surface area contributed by atoms with Gasteiger partial charge in [-0.3, -0.25) is 24.1 Å². The van der Waals surface area contributed by atoms with E-state index >= 15 is 0 Å². The quantitative estimate of drug-likeness (QED) is 0.386. The normalized spacial score (nSPS) is 27.8. The second kappa shape index (κ2) is 7.65. The maximum absolute atomic E-state index is 12.9. The van der Waals surface area contributed by atoms with Gasteiger partial charge in [0.25, 0.3) is 11.6 Å². The zero-order valence-electron chi connectivity index (χ0n) is 14.5. The standard InChI is InChI=1S/C15H16N2O7S.Na/c1-8-12(16(9(2)18)10-4-3-7-25-10)13(20)17(24-8)15(14(21)22)6-5-11(19)23-15;/h3-4,7-8,12H,5-6H2,1-2H3,(H,21,22);/q;+1/p-1/t8-,12-,15?;/m0./s1. The van der Waals surface area contributed by atoms with Crippen LogP contribution in [0.5, 0.6) is 0 Å². The number of carbonyl (C=O) groups is 4. The van der Waals surface area contributed by atoms with Crippen LogP contribution in [0.2, 0.25) is 0 Å². The maximum Gasteiger partial charge on any atom is 1.00 e. The van der Waals surface area contributed by atoms with E-state index in [-0.39, 0.29) is 42.4 Å². The van der Waals surface area contributed by atoms with E-state index in [1.165, 1.54) is 30.1 Å². The Labute approximate surface area is 175 Å². The third-order valence-electron chi connectivity index (χ3n) is 4.13. The Bertz CT molecular complexity index is 740. The molecule has 1 aromatic rings. The number of cyclic esters (lactones) is 1. The minimum absolute atomic E-state index is 0. The van der Waals surface area contributed by atoms with Crippen LogP contribution < -0.4 is 39.6 Å². The van der Waals surface area contributed by atoms with Crippen molar-refractivity contribution in [1.82, 2.24) is 5.06 Å².